The van der Waals surface area contributed by atoms with E-state index in [0.717, 1.165) is 25.1 Å². The van der Waals surface area contributed by atoms with Crippen LogP contribution in [-0.4, -0.2) is 31.1 Å². The first-order valence-corrected chi connectivity index (χ1v) is 8.17. The maximum Gasteiger partial charge on any atom is 0.118 e. The Morgan fingerprint density at radius 2 is 1.67 bits per heavy atom. The molecule has 1 aromatic rings. The van der Waals surface area contributed by atoms with E-state index >= 15 is 0 Å². The largest absolute Gasteiger partial charge is 0.497 e. The third-order valence-corrected chi connectivity index (χ3v) is 4.11. The SMILES string of the molecule is CCC(CC)N(CC(C)C)C(CN)c1ccc(OC)cc1. The van der Waals surface area contributed by atoms with Crippen molar-refractivity contribution in [2.75, 3.05) is 20.2 Å². The van der Waals surface area contributed by atoms with E-state index in [9.17, 15) is 0 Å². The summed E-state index contributed by atoms with van der Waals surface area (Å²) < 4.78 is 5.25. The molecule has 0 bridgehead atoms. The molecule has 0 saturated carbocycles. The van der Waals surface area contributed by atoms with Gasteiger partial charge in [-0.05, 0) is 36.5 Å². The summed E-state index contributed by atoms with van der Waals surface area (Å²) in [5.74, 6) is 1.53. The number of methoxy groups -OCH3 is 1. The summed E-state index contributed by atoms with van der Waals surface area (Å²) in [7, 11) is 1.70. The molecule has 21 heavy (non-hydrogen) atoms. The van der Waals surface area contributed by atoms with E-state index in [2.05, 4.69) is 44.7 Å². The van der Waals surface area contributed by atoms with E-state index in [0.29, 0.717) is 18.5 Å². The predicted octanol–water partition coefficient (Wildman–Crippen LogP) is 3.84. The Balaban J connectivity index is 3.03. The van der Waals surface area contributed by atoms with E-state index in [1.165, 1.54) is 5.56 Å². The zero-order valence-electron chi connectivity index (χ0n) is 14.3. The second-order valence-corrected chi connectivity index (χ2v) is 6.09. The van der Waals surface area contributed by atoms with E-state index in [1.54, 1.807) is 7.11 Å². The molecule has 1 rings (SSSR count). The Bertz CT molecular complexity index is 385. The molecule has 3 nitrogen and oxygen atoms in total. The molecule has 3 heteroatoms. The lowest BCUT2D eigenvalue weighted by atomic mass is 9.99. The number of hydrogen-bond donors (Lipinski definition) is 1. The summed E-state index contributed by atoms with van der Waals surface area (Å²) in [6.45, 7) is 10.8. The van der Waals surface area contributed by atoms with Crippen molar-refractivity contribution in [3.8, 4) is 5.75 Å². The standard InChI is InChI=1S/C18H32N2O/c1-6-16(7-2)20(13-14(3)4)18(12-19)15-8-10-17(21-5)11-9-15/h8-11,14,16,18H,6-7,12-13,19H2,1-5H3. The predicted molar refractivity (Wildman–Crippen MR) is 90.7 cm³/mol. The van der Waals surface area contributed by atoms with Crippen LogP contribution in [-0.2, 0) is 0 Å². The Morgan fingerprint density at radius 3 is 2.05 bits per heavy atom. The lowest BCUT2D eigenvalue weighted by molar-refractivity contribution is 0.112. The second kappa shape index (κ2) is 9.06. The molecule has 0 radical (unpaired) electrons. The maximum absolute atomic E-state index is 6.13. The van der Waals surface area contributed by atoms with Gasteiger partial charge in [0.2, 0.25) is 0 Å². The van der Waals surface area contributed by atoms with Gasteiger partial charge in [0.25, 0.3) is 0 Å². The minimum Gasteiger partial charge on any atom is -0.497 e. The number of benzene rings is 1. The van der Waals surface area contributed by atoms with Crippen LogP contribution in [0.1, 0.15) is 52.1 Å². The van der Waals surface area contributed by atoms with Gasteiger partial charge in [-0.3, -0.25) is 4.90 Å². The first-order valence-electron chi connectivity index (χ1n) is 8.17. The Hall–Kier alpha value is -1.06. The van der Waals surface area contributed by atoms with Crippen LogP contribution < -0.4 is 10.5 Å². The summed E-state index contributed by atoms with van der Waals surface area (Å²) in [6, 6.07) is 9.21. The van der Waals surface area contributed by atoms with Crippen LogP contribution in [0.25, 0.3) is 0 Å². The Labute approximate surface area is 130 Å². The van der Waals surface area contributed by atoms with Crippen molar-refractivity contribution in [1.29, 1.82) is 0 Å². The highest BCUT2D eigenvalue weighted by Crippen LogP contribution is 2.27. The van der Waals surface area contributed by atoms with Crippen molar-refractivity contribution < 1.29 is 4.74 Å². The van der Waals surface area contributed by atoms with E-state index < -0.39 is 0 Å². The number of hydrogen-bond acceptors (Lipinski definition) is 3. The normalized spacial score (nSPS) is 13.2. The zero-order chi connectivity index (χ0) is 15.8. The second-order valence-electron chi connectivity index (χ2n) is 6.09. The van der Waals surface area contributed by atoms with Gasteiger partial charge in [0.1, 0.15) is 5.75 Å². The van der Waals surface area contributed by atoms with Crippen molar-refractivity contribution in [2.45, 2.75) is 52.6 Å². The highest BCUT2D eigenvalue weighted by molar-refractivity contribution is 5.29. The lowest BCUT2D eigenvalue weighted by Crippen LogP contribution is -2.43. The molecule has 0 amide bonds. The number of rotatable bonds is 9. The molecular weight excluding hydrogens is 260 g/mol. The molecule has 0 saturated heterocycles. The average molecular weight is 292 g/mol. The molecule has 0 aromatic heterocycles. The molecule has 2 N–H and O–H groups in total. The third-order valence-electron chi connectivity index (χ3n) is 4.11. The maximum atomic E-state index is 6.13. The summed E-state index contributed by atoms with van der Waals surface area (Å²) in [5, 5.41) is 0. The fourth-order valence-corrected chi connectivity index (χ4v) is 3.00. The molecule has 1 atom stereocenters. The molecule has 0 aliphatic rings. The van der Waals surface area contributed by atoms with Gasteiger partial charge in [0, 0.05) is 25.2 Å². The van der Waals surface area contributed by atoms with Crippen LogP contribution in [0.3, 0.4) is 0 Å². The summed E-state index contributed by atoms with van der Waals surface area (Å²) in [4.78, 5) is 2.59. The minimum absolute atomic E-state index is 0.281. The summed E-state index contributed by atoms with van der Waals surface area (Å²) >= 11 is 0. The smallest absolute Gasteiger partial charge is 0.118 e. The summed E-state index contributed by atoms with van der Waals surface area (Å²) in [5.41, 5.74) is 7.41. The molecule has 0 aliphatic carbocycles. The Kier molecular flexibility index (Phi) is 7.76. The molecule has 0 heterocycles. The van der Waals surface area contributed by atoms with Gasteiger partial charge >= 0.3 is 0 Å². The Morgan fingerprint density at radius 1 is 1.10 bits per heavy atom. The van der Waals surface area contributed by atoms with Crippen molar-refractivity contribution in [3.63, 3.8) is 0 Å². The van der Waals surface area contributed by atoms with Crippen LogP contribution >= 0.6 is 0 Å². The first-order chi connectivity index (χ1) is 10.1. The van der Waals surface area contributed by atoms with Gasteiger partial charge in [-0.2, -0.15) is 0 Å². The van der Waals surface area contributed by atoms with Crippen LogP contribution in [0.5, 0.6) is 5.75 Å². The molecule has 120 valence electrons. The van der Waals surface area contributed by atoms with Gasteiger partial charge in [-0.15, -0.1) is 0 Å². The van der Waals surface area contributed by atoms with Crippen LogP contribution in [0, 0.1) is 5.92 Å². The van der Waals surface area contributed by atoms with Crippen molar-refractivity contribution >= 4 is 0 Å². The number of nitrogens with two attached hydrogens (primary N) is 1. The zero-order valence-corrected chi connectivity index (χ0v) is 14.3. The number of nitrogens with zero attached hydrogens (tertiary/aromatic N) is 1. The highest BCUT2D eigenvalue weighted by atomic mass is 16.5. The van der Waals surface area contributed by atoms with Gasteiger partial charge in [0.15, 0.2) is 0 Å². The molecule has 0 spiro atoms. The number of ether oxygens (including phenoxy) is 1. The van der Waals surface area contributed by atoms with Crippen LogP contribution in [0.2, 0.25) is 0 Å². The van der Waals surface area contributed by atoms with Crippen LogP contribution in [0.4, 0.5) is 0 Å². The summed E-state index contributed by atoms with van der Waals surface area (Å²) in [6.07, 6.45) is 2.33. The quantitative estimate of drug-likeness (QED) is 0.751. The molecule has 0 aliphatic heterocycles. The monoisotopic (exact) mass is 292 g/mol. The van der Waals surface area contributed by atoms with Crippen molar-refractivity contribution in [1.82, 2.24) is 4.90 Å². The van der Waals surface area contributed by atoms with Gasteiger partial charge in [-0.1, -0.05) is 39.8 Å². The first kappa shape index (κ1) is 18.0. The average Bonchev–Trinajstić information content (AvgIpc) is 2.49. The fourth-order valence-electron chi connectivity index (χ4n) is 3.00. The minimum atomic E-state index is 0.281. The molecule has 1 aromatic carbocycles. The van der Waals surface area contributed by atoms with Gasteiger partial charge in [-0.25, -0.2) is 0 Å². The van der Waals surface area contributed by atoms with Gasteiger partial charge < -0.3 is 10.5 Å². The topological polar surface area (TPSA) is 38.5 Å². The fraction of sp³-hybridized carbons (Fsp3) is 0.667. The molecule has 1 unspecified atom stereocenters. The van der Waals surface area contributed by atoms with Crippen molar-refractivity contribution in [3.05, 3.63) is 29.8 Å². The lowest BCUT2D eigenvalue weighted by Gasteiger charge is -2.38. The van der Waals surface area contributed by atoms with E-state index in [1.807, 2.05) is 12.1 Å². The van der Waals surface area contributed by atoms with E-state index in [-0.39, 0.29) is 6.04 Å². The molecular formula is C18H32N2O. The van der Waals surface area contributed by atoms with E-state index in [4.69, 9.17) is 10.5 Å². The highest BCUT2D eigenvalue weighted by Gasteiger charge is 2.25. The van der Waals surface area contributed by atoms with Crippen LogP contribution in [0.15, 0.2) is 24.3 Å². The third kappa shape index (κ3) is 5.01. The van der Waals surface area contributed by atoms with Gasteiger partial charge in [0.05, 0.1) is 7.11 Å². The van der Waals surface area contributed by atoms with Crippen molar-refractivity contribution in [2.24, 2.45) is 11.7 Å². The molecule has 0 fully saturated rings.